The number of carbonyl (C=O) groups is 1. The second-order valence-corrected chi connectivity index (χ2v) is 10.6. The number of H-pyrrole nitrogens is 1. The lowest BCUT2D eigenvalue weighted by atomic mass is 9.93. The number of ether oxygens (including phenoxy) is 1. The van der Waals surface area contributed by atoms with E-state index in [9.17, 15) is 4.79 Å². The molecule has 1 aromatic carbocycles. The summed E-state index contributed by atoms with van der Waals surface area (Å²) in [4.78, 5) is 22.6. The summed E-state index contributed by atoms with van der Waals surface area (Å²) >= 11 is 0. The first-order chi connectivity index (χ1) is 16.9. The summed E-state index contributed by atoms with van der Waals surface area (Å²) in [5, 5.41) is 8.06. The zero-order valence-corrected chi connectivity index (χ0v) is 21.9. The number of rotatable bonds is 7. The molecule has 1 saturated heterocycles. The maximum Gasteiger partial charge on any atom is 0.243 e. The summed E-state index contributed by atoms with van der Waals surface area (Å²) in [6.07, 6.45) is 5.51. The summed E-state index contributed by atoms with van der Waals surface area (Å²) < 4.78 is 5.46. The Morgan fingerprint density at radius 1 is 1.23 bits per heavy atom. The van der Waals surface area contributed by atoms with E-state index in [0.717, 1.165) is 84.5 Å². The molecule has 1 amide bonds. The van der Waals surface area contributed by atoms with Crippen LogP contribution < -0.4 is 4.90 Å². The fourth-order valence-corrected chi connectivity index (χ4v) is 5.80. The average molecular weight is 478 g/mol. The Morgan fingerprint density at radius 3 is 2.71 bits per heavy atom. The van der Waals surface area contributed by atoms with E-state index in [1.54, 1.807) is 4.90 Å². The van der Waals surface area contributed by atoms with Crippen LogP contribution in [-0.2, 0) is 22.4 Å². The van der Waals surface area contributed by atoms with Gasteiger partial charge in [0.15, 0.2) is 0 Å². The van der Waals surface area contributed by atoms with Gasteiger partial charge in [0.2, 0.25) is 5.91 Å². The molecule has 7 heteroatoms. The fraction of sp³-hybridized carbons (Fsp3) is 0.607. The molecule has 0 spiro atoms. The summed E-state index contributed by atoms with van der Waals surface area (Å²) in [6.45, 7) is 11.3. The molecule has 2 aliphatic carbocycles. The van der Waals surface area contributed by atoms with Crippen LogP contribution in [0.25, 0.3) is 0 Å². The van der Waals surface area contributed by atoms with Gasteiger partial charge in [0.1, 0.15) is 5.69 Å². The maximum absolute atomic E-state index is 13.4. The first-order valence-electron chi connectivity index (χ1n) is 13.2. The van der Waals surface area contributed by atoms with Crippen LogP contribution in [0.15, 0.2) is 17.1 Å². The highest BCUT2D eigenvalue weighted by Crippen LogP contribution is 2.48. The minimum atomic E-state index is -0.186. The zero-order chi connectivity index (χ0) is 24.7. The lowest BCUT2D eigenvalue weighted by Crippen LogP contribution is -2.50. The number of aliphatic imine (C=N–C) groups is 1. The Labute approximate surface area is 208 Å². The standard InChI is InChI=1S/C28H39N5O2/c1-6-7-23(27-22-14-20-13-21(20)15-25(22)30-31-27)29-24-16-26(18(3)12-17(24)2)32(5)28(34)19(4)33-8-10-35-11-9-33/h12,16,19-21H,6-11,13-15H2,1-5H3,(H,30,31)/b29-23+. The van der Waals surface area contributed by atoms with Crippen molar-refractivity contribution >= 4 is 23.0 Å². The van der Waals surface area contributed by atoms with Crippen LogP contribution in [-0.4, -0.2) is 66.1 Å². The minimum absolute atomic E-state index is 0.0999. The molecule has 35 heavy (non-hydrogen) atoms. The number of anilines is 1. The van der Waals surface area contributed by atoms with E-state index in [1.165, 1.54) is 17.7 Å². The van der Waals surface area contributed by atoms with E-state index in [-0.39, 0.29) is 11.9 Å². The smallest absolute Gasteiger partial charge is 0.243 e. The van der Waals surface area contributed by atoms with Crippen LogP contribution in [0.1, 0.15) is 61.2 Å². The molecule has 2 fully saturated rings. The van der Waals surface area contributed by atoms with Crippen molar-refractivity contribution in [3.8, 4) is 0 Å². The highest BCUT2D eigenvalue weighted by Gasteiger charge is 2.43. The van der Waals surface area contributed by atoms with Gasteiger partial charge in [0.05, 0.1) is 30.7 Å². The number of morpholine rings is 1. The van der Waals surface area contributed by atoms with Crippen LogP contribution in [0.2, 0.25) is 0 Å². The average Bonchev–Trinajstić information content (AvgIpc) is 3.51. The van der Waals surface area contributed by atoms with Crippen molar-refractivity contribution < 1.29 is 9.53 Å². The number of likely N-dealkylation sites (N-methyl/N-ethyl adjacent to an activating group) is 1. The molecule has 2 heterocycles. The molecular weight excluding hydrogens is 438 g/mol. The van der Waals surface area contributed by atoms with Crippen LogP contribution in [0, 0.1) is 25.7 Å². The Kier molecular flexibility index (Phi) is 6.82. The number of nitrogens with zero attached hydrogens (tertiary/aromatic N) is 4. The van der Waals surface area contributed by atoms with Crippen molar-refractivity contribution in [2.24, 2.45) is 16.8 Å². The van der Waals surface area contributed by atoms with Crippen molar-refractivity contribution in [3.05, 3.63) is 40.2 Å². The molecule has 0 bridgehead atoms. The molecule has 3 aliphatic rings. The van der Waals surface area contributed by atoms with Gasteiger partial charge in [-0.1, -0.05) is 19.4 Å². The molecule has 3 unspecified atom stereocenters. The minimum Gasteiger partial charge on any atom is -0.379 e. The summed E-state index contributed by atoms with van der Waals surface area (Å²) in [5.41, 5.74) is 8.84. The number of carbonyl (C=O) groups excluding carboxylic acids is 1. The van der Waals surface area contributed by atoms with Gasteiger partial charge in [-0.05, 0) is 75.5 Å². The summed E-state index contributed by atoms with van der Waals surface area (Å²) in [5.74, 6) is 1.79. The van der Waals surface area contributed by atoms with Gasteiger partial charge in [-0.2, -0.15) is 5.10 Å². The monoisotopic (exact) mass is 477 g/mol. The van der Waals surface area contributed by atoms with E-state index in [1.807, 2.05) is 14.0 Å². The number of nitrogens with one attached hydrogen (secondary N) is 1. The topological polar surface area (TPSA) is 73.8 Å². The molecule has 0 radical (unpaired) electrons. The van der Waals surface area contributed by atoms with Gasteiger partial charge in [0, 0.05) is 37.1 Å². The SMILES string of the molecule is CCC/C(=N\c1cc(N(C)C(=O)C(C)N2CCOCC2)c(C)cc1C)c1n[nH]c2c1CC1CC1C2. The third-order valence-electron chi connectivity index (χ3n) is 8.13. The van der Waals surface area contributed by atoms with Gasteiger partial charge in [-0.15, -0.1) is 0 Å². The molecule has 5 rings (SSSR count). The Balaban J connectivity index is 1.45. The zero-order valence-electron chi connectivity index (χ0n) is 21.9. The molecule has 1 aliphatic heterocycles. The lowest BCUT2D eigenvalue weighted by molar-refractivity contribution is -0.124. The number of aryl methyl sites for hydroxylation is 2. The third kappa shape index (κ3) is 4.81. The fourth-order valence-electron chi connectivity index (χ4n) is 5.80. The number of aromatic amines is 1. The highest BCUT2D eigenvalue weighted by atomic mass is 16.5. The molecule has 2 aromatic rings. The molecule has 1 N–H and O–H groups in total. The van der Waals surface area contributed by atoms with E-state index in [4.69, 9.17) is 14.8 Å². The molecular formula is C28H39N5O2. The first kappa shape index (κ1) is 24.2. The molecule has 1 saturated carbocycles. The van der Waals surface area contributed by atoms with Crippen molar-refractivity contribution in [1.82, 2.24) is 15.1 Å². The van der Waals surface area contributed by atoms with E-state index < -0.39 is 0 Å². The van der Waals surface area contributed by atoms with Crippen LogP contribution in [0.5, 0.6) is 0 Å². The molecule has 3 atom stereocenters. The highest BCUT2D eigenvalue weighted by molar-refractivity contribution is 6.02. The number of aromatic nitrogens is 2. The maximum atomic E-state index is 13.4. The van der Waals surface area contributed by atoms with Gasteiger partial charge in [-0.3, -0.25) is 19.8 Å². The van der Waals surface area contributed by atoms with Crippen molar-refractivity contribution in [2.75, 3.05) is 38.3 Å². The van der Waals surface area contributed by atoms with Crippen molar-refractivity contribution in [1.29, 1.82) is 0 Å². The summed E-state index contributed by atoms with van der Waals surface area (Å²) in [6, 6.07) is 4.05. The van der Waals surface area contributed by atoms with E-state index in [0.29, 0.717) is 13.2 Å². The number of hydrogen-bond acceptors (Lipinski definition) is 5. The van der Waals surface area contributed by atoms with Gasteiger partial charge >= 0.3 is 0 Å². The Hall–Kier alpha value is -2.51. The lowest BCUT2D eigenvalue weighted by Gasteiger charge is -2.34. The molecule has 1 aromatic heterocycles. The van der Waals surface area contributed by atoms with Gasteiger partial charge in [-0.25, -0.2) is 0 Å². The largest absolute Gasteiger partial charge is 0.379 e. The van der Waals surface area contributed by atoms with Crippen molar-refractivity contribution in [2.45, 2.75) is 65.8 Å². The quantitative estimate of drug-likeness (QED) is 0.601. The number of hydrogen-bond donors (Lipinski definition) is 1. The number of amides is 1. The number of benzene rings is 1. The van der Waals surface area contributed by atoms with Crippen molar-refractivity contribution in [3.63, 3.8) is 0 Å². The Bertz CT molecular complexity index is 1130. The van der Waals surface area contributed by atoms with E-state index >= 15 is 0 Å². The van der Waals surface area contributed by atoms with Crippen LogP contribution >= 0.6 is 0 Å². The number of fused-ring (bicyclic) bond motifs is 2. The summed E-state index contributed by atoms with van der Waals surface area (Å²) in [7, 11) is 1.88. The first-order valence-corrected chi connectivity index (χ1v) is 13.2. The molecule has 188 valence electrons. The predicted octanol–water partition coefficient (Wildman–Crippen LogP) is 4.37. The van der Waals surface area contributed by atoms with E-state index in [2.05, 4.69) is 42.9 Å². The second-order valence-electron chi connectivity index (χ2n) is 10.6. The van der Waals surface area contributed by atoms with Crippen LogP contribution in [0.3, 0.4) is 0 Å². The third-order valence-corrected chi connectivity index (χ3v) is 8.13. The Morgan fingerprint density at radius 2 is 1.97 bits per heavy atom. The normalized spacial score (nSPS) is 22.9. The second kappa shape index (κ2) is 9.86. The predicted molar refractivity (Wildman–Crippen MR) is 140 cm³/mol. The van der Waals surface area contributed by atoms with Crippen LogP contribution in [0.4, 0.5) is 11.4 Å². The molecule has 7 nitrogen and oxygen atoms in total. The van der Waals surface area contributed by atoms with Gasteiger partial charge < -0.3 is 9.64 Å². The van der Waals surface area contributed by atoms with Gasteiger partial charge in [0.25, 0.3) is 0 Å².